The lowest BCUT2D eigenvalue weighted by Gasteiger charge is -2.28. The average molecular weight is 483 g/mol. The highest BCUT2D eigenvalue weighted by Gasteiger charge is 2.21. The Bertz CT molecular complexity index is 1210. The van der Waals surface area contributed by atoms with Crippen LogP contribution in [0.4, 0.5) is 0 Å². The van der Waals surface area contributed by atoms with Gasteiger partial charge in [-0.25, -0.2) is 0 Å². The quantitative estimate of drug-likeness (QED) is 0.230. The van der Waals surface area contributed by atoms with E-state index in [2.05, 4.69) is 86.6 Å². The highest BCUT2D eigenvalue weighted by Crippen LogP contribution is 2.37. The SMILES string of the molecule is CCCc1ccc(-c2ccc(-c3cc4ccc(OCC5CCC(CCC)CC5)cc4s3)cc2)cc1. The largest absolute Gasteiger partial charge is 0.493 e. The Labute approximate surface area is 215 Å². The molecule has 4 aromatic rings. The summed E-state index contributed by atoms with van der Waals surface area (Å²) in [5, 5.41) is 1.30. The van der Waals surface area contributed by atoms with Crippen LogP contribution in [0.1, 0.15) is 64.4 Å². The molecule has 0 saturated heterocycles. The Morgan fingerprint density at radius 3 is 2.06 bits per heavy atom. The van der Waals surface area contributed by atoms with Crippen molar-refractivity contribution in [1.29, 1.82) is 0 Å². The Balaban J connectivity index is 1.23. The topological polar surface area (TPSA) is 9.23 Å². The van der Waals surface area contributed by atoms with Gasteiger partial charge in [-0.15, -0.1) is 11.3 Å². The van der Waals surface area contributed by atoms with Crippen molar-refractivity contribution in [2.24, 2.45) is 11.8 Å². The molecule has 0 aliphatic heterocycles. The first-order valence-electron chi connectivity index (χ1n) is 13.6. The van der Waals surface area contributed by atoms with Crippen LogP contribution >= 0.6 is 11.3 Å². The van der Waals surface area contributed by atoms with Crippen LogP contribution in [-0.2, 0) is 6.42 Å². The zero-order valence-corrected chi connectivity index (χ0v) is 22.1. The summed E-state index contributed by atoms with van der Waals surface area (Å²) >= 11 is 1.86. The molecule has 1 aliphatic rings. The first-order chi connectivity index (χ1) is 17.2. The summed E-state index contributed by atoms with van der Waals surface area (Å²) in [4.78, 5) is 1.32. The van der Waals surface area contributed by atoms with Gasteiger partial charge in [0, 0.05) is 9.58 Å². The normalized spacial score (nSPS) is 18.1. The highest BCUT2D eigenvalue weighted by atomic mass is 32.1. The molecule has 1 aliphatic carbocycles. The zero-order chi connectivity index (χ0) is 24.0. The van der Waals surface area contributed by atoms with Gasteiger partial charge in [0.25, 0.3) is 0 Å². The standard InChI is InChI=1S/C33H38OS/c1-3-5-24-7-9-26(10-8-24)23-34-31-20-19-30-21-32(35-33(30)22-31)29-17-15-28(16-18-29)27-13-11-25(6-4-2)12-14-27/h11-22,24,26H,3-10,23H2,1-2H3. The third-order valence-corrected chi connectivity index (χ3v) is 8.78. The lowest BCUT2D eigenvalue weighted by atomic mass is 9.80. The first kappa shape index (κ1) is 24.1. The predicted octanol–water partition coefficient (Wildman–Crippen LogP) is 10.2. The fourth-order valence-corrected chi connectivity index (χ4v) is 6.63. The van der Waals surface area contributed by atoms with Crippen LogP contribution in [0.15, 0.2) is 72.8 Å². The minimum absolute atomic E-state index is 0.721. The monoisotopic (exact) mass is 482 g/mol. The van der Waals surface area contributed by atoms with Gasteiger partial charge in [-0.1, -0.05) is 94.5 Å². The van der Waals surface area contributed by atoms with Crippen molar-refractivity contribution < 1.29 is 4.74 Å². The minimum atomic E-state index is 0.721. The third kappa shape index (κ3) is 5.98. The van der Waals surface area contributed by atoms with Crippen molar-refractivity contribution >= 4 is 21.4 Å². The molecule has 0 atom stereocenters. The molecular weight excluding hydrogens is 444 g/mol. The summed E-state index contributed by atoms with van der Waals surface area (Å²) in [6, 6.07) is 26.9. The summed E-state index contributed by atoms with van der Waals surface area (Å²) in [5.41, 5.74) is 5.26. The van der Waals surface area contributed by atoms with E-state index in [1.165, 1.54) is 82.2 Å². The van der Waals surface area contributed by atoms with Gasteiger partial charge in [-0.2, -0.15) is 0 Å². The van der Waals surface area contributed by atoms with Gasteiger partial charge in [0.2, 0.25) is 0 Å². The predicted molar refractivity (Wildman–Crippen MR) is 153 cm³/mol. The van der Waals surface area contributed by atoms with E-state index in [9.17, 15) is 0 Å². The van der Waals surface area contributed by atoms with Crippen LogP contribution < -0.4 is 4.74 Å². The molecule has 0 N–H and O–H groups in total. The summed E-state index contributed by atoms with van der Waals surface area (Å²) < 4.78 is 7.56. The number of ether oxygens (including phenoxy) is 1. The van der Waals surface area contributed by atoms with Crippen molar-refractivity contribution in [3.8, 4) is 27.3 Å². The highest BCUT2D eigenvalue weighted by molar-refractivity contribution is 7.22. The van der Waals surface area contributed by atoms with Crippen LogP contribution in [0.5, 0.6) is 5.75 Å². The molecule has 1 fully saturated rings. The fourth-order valence-electron chi connectivity index (χ4n) is 5.53. The molecule has 0 amide bonds. The summed E-state index contributed by atoms with van der Waals surface area (Å²) in [7, 11) is 0. The third-order valence-electron chi connectivity index (χ3n) is 7.64. The molecule has 5 rings (SSSR count). The Morgan fingerprint density at radius 1 is 0.714 bits per heavy atom. The van der Waals surface area contributed by atoms with Gasteiger partial charge >= 0.3 is 0 Å². The number of hydrogen-bond donors (Lipinski definition) is 0. The molecule has 0 unspecified atom stereocenters. The Kier molecular flexibility index (Phi) is 7.88. The van der Waals surface area contributed by atoms with E-state index in [1.54, 1.807) is 0 Å². The van der Waals surface area contributed by atoms with Gasteiger partial charge in [0.1, 0.15) is 5.75 Å². The molecule has 35 heavy (non-hydrogen) atoms. The van der Waals surface area contributed by atoms with Gasteiger partial charge < -0.3 is 4.74 Å². The average Bonchev–Trinajstić information content (AvgIpc) is 3.33. The second-order valence-electron chi connectivity index (χ2n) is 10.3. The molecule has 1 nitrogen and oxygen atoms in total. The second kappa shape index (κ2) is 11.4. The fraction of sp³-hybridized carbons (Fsp3) is 0.394. The Morgan fingerprint density at radius 2 is 1.37 bits per heavy atom. The molecular formula is C33H38OS. The maximum atomic E-state index is 6.26. The molecule has 2 heteroatoms. The number of rotatable bonds is 9. The summed E-state index contributed by atoms with van der Waals surface area (Å²) in [6.45, 7) is 5.40. The molecule has 1 aromatic heterocycles. The van der Waals surface area contributed by atoms with Crippen LogP contribution in [0.2, 0.25) is 0 Å². The first-order valence-corrected chi connectivity index (χ1v) is 14.4. The smallest absolute Gasteiger partial charge is 0.120 e. The molecule has 3 aromatic carbocycles. The maximum absolute atomic E-state index is 6.26. The van der Waals surface area contributed by atoms with E-state index in [-0.39, 0.29) is 0 Å². The zero-order valence-electron chi connectivity index (χ0n) is 21.3. The van der Waals surface area contributed by atoms with Crippen LogP contribution in [0, 0.1) is 11.8 Å². The van der Waals surface area contributed by atoms with E-state index >= 15 is 0 Å². The van der Waals surface area contributed by atoms with Crippen molar-refractivity contribution in [2.45, 2.75) is 65.2 Å². The number of hydrogen-bond acceptors (Lipinski definition) is 2. The second-order valence-corrected chi connectivity index (χ2v) is 11.4. The minimum Gasteiger partial charge on any atom is -0.493 e. The van der Waals surface area contributed by atoms with Crippen molar-refractivity contribution in [2.75, 3.05) is 6.61 Å². The number of benzene rings is 3. The summed E-state index contributed by atoms with van der Waals surface area (Å²) in [5.74, 6) is 2.69. The number of aryl methyl sites for hydroxylation is 1. The summed E-state index contributed by atoms with van der Waals surface area (Å²) in [6.07, 6.45) is 10.5. The van der Waals surface area contributed by atoms with E-state index in [4.69, 9.17) is 4.74 Å². The Hall–Kier alpha value is -2.58. The number of fused-ring (bicyclic) bond motifs is 1. The van der Waals surface area contributed by atoms with Crippen molar-refractivity contribution in [1.82, 2.24) is 0 Å². The van der Waals surface area contributed by atoms with E-state index in [0.29, 0.717) is 0 Å². The lowest BCUT2D eigenvalue weighted by Crippen LogP contribution is -2.20. The molecule has 0 radical (unpaired) electrons. The van der Waals surface area contributed by atoms with E-state index < -0.39 is 0 Å². The van der Waals surface area contributed by atoms with Crippen molar-refractivity contribution in [3.05, 3.63) is 78.4 Å². The van der Waals surface area contributed by atoms with Crippen LogP contribution in [-0.4, -0.2) is 6.61 Å². The molecule has 0 bridgehead atoms. The number of thiophene rings is 1. The molecule has 1 saturated carbocycles. The van der Waals surface area contributed by atoms with Gasteiger partial charge in [-0.3, -0.25) is 0 Å². The van der Waals surface area contributed by atoms with Crippen LogP contribution in [0.3, 0.4) is 0 Å². The van der Waals surface area contributed by atoms with Gasteiger partial charge in [-0.05, 0) is 83.0 Å². The van der Waals surface area contributed by atoms with Crippen molar-refractivity contribution in [3.63, 3.8) is 0 Å². The lowest BCUT2D eigenvalue weighted by molar-refractivity contribution is 0.179. The van der Waals surface area contributed by atoms with E-state index in [1.807, 2.05) is 11.3 Å². The molecule has 0 spiro atoms. The van der Waals surface area contributed by atoms with Gasteiger partial charge in [0.15, 0.2) is 0 Å². The van der Waals surface area contributed by atoms with Crippen LogP contribution in [0.25, 0.3) is 31.7 Å². The molecule has 1 heterocycles. The van der Waals surface area contributed by atoms with E-state index in [0.717, 1.165) is 30.6 Å². The maximum Gasteiger partial charge on any atom is 0.120 e. The van der Waals surface area contributed by atoms with Gasteiger partial charge in [0.05, 0.1) is 6.61 Å². The molecule has 182 valence electrons.